The fraction of sp³-hybridized carbons (Fsp3) is 0.500. The molecule has 0 radical (unpaired) electrons. The van der Waals surface area contributed by atoms with Crippen molar-refractivity contribution in [1.82, 2.24) is 10.2 Å². The summed E-state index contributed by atoms with van der Waals surface area (Å²) in [4.78, 5) is 25.8. The van der Waals surface area contributed by atoms with E-state index in [-0.39, 0.29) is 24.3 Å². The molecule has 2 amide bonds. The van der Waals surface area contributed by atoms with Gasteiger partial charge < -0.3 is 15.3 Å². The molecule has 2 atom stereocenters. The summed E-state index contributed by atoms with van der Waals surface area (Å²) in [6, 6.07) is 8.71. The Morgan fingerprint density at radius 3 is 2.76 bits per heavy atom. The maximum Gasteiger partial charge on any atom is 0.251 e. The van der Waals surface area contributed by atoms with Crippen LogP contribution in [0.3, 0.4) is 0 Å². The van der Waals surface area contributed by atoms with Gasteiger partial charge in [-0.2, -0.15) is 0 Å². The molecule has 2 unspecified atom stereocenters. The molecule has 1 heterocycles. The Morgan fingerprint density at radius 2 is 2.10 bits per heavy atom. The largest absolute Gasteiger partial charge is 0.391 e. The number of hydrogen-bond acceptors (Lipinski definition) is 3. The summed E-state index contributed by atoms with van der Waals surface area (Å²) in [6.45, 7) is 2.91. The number of likely N-dealkylation sites (tertiary alicyclic amines) is 1. The van der Waals surface area contributed by atoms with Crippen molar-refractivity contribution in [1.29, 1.82) is 0 Å². The Hall–Kier alpha value is -1.88. The SMILES string of the molecule is CC(CC(=O)N1CCCC(O)C1)NC(=O)c1ccccc1. The van der Waals surface area contributed by atoms with Gasteiger partial charge in [0, 0.05) is 31.1 Å². The molecule has 0 aliphatic carbocycles. The van der Waals surface area contributed by atoms with Crippen molar-refractivity contribution >= 4 is 11.8 Å². The normalized spacial score (nSPS) is 19.9. The van der Waals surface area contributed by atoms with E-state index in [4.69, 9.17) is 0 Å². The second-order valence-corrected chi connectivity index (χ2v) is 5.58. The van der Waals surface area contributed by atoms with Gasteiger partial charge in [-0.1, -0.05) is 18.2 Å². The number of nitrogens with one attached hydrogen (secondary N) is 1. The molecule has 1 aromatic rings. The van der Waals surface area contributed by atoms with Crippen molar-refractivity contribution < 1.29 is 14.7 Å². The average Bonchev–Trinajstić information content (AvgIpc) is 2.48. The summed E-state index contributed by atoms with van der Waals surface area (Å²) in [5.41, 5.74) is 0.588. The van der Waals surface area contributed by atoms with E-state index in [1.165, 1.54) is 0 Å². The number of β-amino-alcohol motifs (C(OH)–C–C–N with tert-alkyl or cyclic N) is 1. The molecule has 0 aromatic heterocycles. The molecule has 1 aliphatic heterocycles. The van der Waals surface area contributed by atoms with Gasteiger partial charge in [-0.25, -0.2) is 0 Å². The third-order valence-corrected chi connectivity index (χ3v) is 3.64. The average molecular weight is 290 g/mol. The summed E-state index contributed by atoms with van der Waals surface area (Å²) >= 11 is 0. The first-order chi connectivity index (χ1) is 10.1. The van der Waals surface area contributed by atoms with Gasteiger partial charge >= 0.3 is 0 Å². The van der Waals surface area contributed by atoms with Crippen LogP contribution in [-0.2, 0) is 4.79 Å². The van der Waals surface area contributed by atoms with Crippen LogP contribution in [0, 0.1) is 0 Å². The van der Waals surface area contributed by atoms with Crippen LogP contribution in [0.2, 0.25) is 0 Å². The van der Waals surface area contributed by atoms with Crippen LogP contribution in [0.5, 0.6) is 0 Å². The van der Waals surface area contributed by atoms with Crippen LogP contribution in [-0.4, -0.2) is 47.1 Å². The Balaban J connectivity index is 1.82. The van der Waals surface area contributed by atoms with Gasteiger partial charge in [-0.05, 0) is 31.9 Å². The number of benzene rings is 1. The lowest BCUT2D eigenvalue weighted by Gasteiger charge is -2.31. The monoisotopic (exact) mass is 290 g/mol. The van der Waals surface area contributed by atoms with E-state index in [0.717, 1.165) is 12.8 Å². The molecule has 2 N–H and O–H groups in total. The fourth-order valence-corrected chi connectivity index (χ4v) is 2.52. The maximum absolute atomic E-state index is 12.1. The van der Waals surface area contributed by atoms with Crippen LogP contribution in [0.25, 0.3) is 0 Å². The zero-order valence-corrected chi connectivity index (χ0v) is 12.3. The number of rotatable bonds is 4. The summed E-state index contributed by atoms with van der Waals surface area (Å²) in [5.74, 6) is -0.191. The standard InChI is InChI=1S/C16H22N2O3/c1-12(17-16(21)13-6-3-2-4-7-13)10-15(20)18-9-5-8-14(19)11-18/h2-4,6-7,12,14,19H,5,8-11H2,1H3,(H,17,21). The molecular formula is C16H22N2O3. The number of nitrogens with zero attached hydrogens (tertiary/aromatic N) is 1. The predicted octanol–water partition coefficient (Wildman–Crippen LogP) is 1.18. The van der Waals surface area contributed by atoms with Gasteiger partial charge in [-0.3, -0.25) is 9.59 Å². The topological polar surface area (TPSA) is 69.6 Å². The van der Waals surface area contributed by atoms with E-state index in [1.54, 1.807) is 29.2 Å². The lowest BCUT2D eigenvalue weighted by Crippen LogP contribution is -2.45. The first-order valence-electron chi connectivity index (χ1n) is 7.38. The van der Waals surface area contributed by atoms with E-state index < -0.39 is 6.10 Å². The molecule has 5 nitrogen and oxygen atoms in total. The second kappa shape index (κ2) is 7.22. The summed E-state index contributed by atoms with van der Waals surface area (Å²) in [7, 11) is 0. The van der Waals surface area contributed by atoms with E-state index in [2.05, 4.69) is 5.32 Å². The van der Waals surface area contributed by atoms with Gasteiger partial charge in [0.25, 0.3) is 5.91 Å². The molecule has 0 saturated carbocycles. The molecular weight excluding hydrogens is 268 g/mol. The van der Waals surface area contributed by atoms with Crippen molar-refractivity contribution in [2.45, 2.75) is 38.3 Å². The van der Waals surface area contributed by atoms with Crippen molar-refractivity contribution in [3.05, 3.63) is 35.9 Å². The zero-order valence-electron chi connectivity index (χ0n) is 12.3. The third-order valence-electron chi connectivity index (χ3n) is 3.64. The van der Waals surface area contributed by atoms with Crippen molar-refractivity contribution in [2.24, 2.45) is 0 Å². The minimum atomic E-state index is -0.420. The molecule has 21 heavy (non-hydrogen) atoms. The van der Waals surface area contributed by atoms with Gasteiger partial charge in [0.2, 0.25) is 5.91 Å². The molecule has 5 heteroatoms. The Kier molecular flexibility index (Phi) is 5.33. The molecule has 0 spiro atoms. The van der Waals surface area contributed by atoms with Gasteiger partial charge in [0.1, 0.15) is 0 Å². The Morgan fingerprint density at radius 1 is 1.38 bits per heavy atom. The highest BCUT2D eigenvalue weighted by Crippen LogP contribution is 2.12. The number of carbonyl (C=O) groups excluding carboxylic acids is 2. The highest BCUT2D eigenvalue weighted by atomic mass is 16.3. The lowest BCUT2D eigenvalue weighted by atomic mass is 10.1. The van der Waals surface area contributed by atoms with Crippen molar-refractivity contribution in [3.63, 3.8) is 0 Å². The minimum Gasteiger partial charge on any atom is -0.391 e. The van der Waals surface area contributed by atoms with E-state index >= 15 is 0 Å². The quantitative estimate of drug-likeness (QED) is 0.875. The number of aliphatic hydroxyl groups is 1. The molecule has 1 aromatic carbocycles. The molecule has 2 rings (SSSR count). The number of aliphatic hydroxyl groups excluding tert-OH is 1. The summed E-state index contributed by atoms with van der Waals surface area (Å²) in [5, 5.41) is 12.4. The van der Waals surface area contributed by atoms with Crippen LogP contribution < -0.4 is 5.32 Å². The van der Waals surface area contributed by atoms with Gasteiger partial charge in [0.15, 0.2) is 0 Å². The molecule has 1 saturated heterocycles. The van der Waals surface area contributed by atoms with E-state index in [0.29, 0.717) is 18.7 Å². The highest BCUT2D eigenvalue weighted by molar-refractivity contribution is 5.94. The molecule has 114 valence electrons. The van der Waals surface area contributed by atoms with E-state index in [1.807, 2.05) is 13.0 Å². The summed E-state index contributed by atoms with van der Waals surface area (Å²) < 4.78 is 0. The highest BCUT2D eigenvalue weighted by Gasteiger charge is 2.23. The minimum absolute atomic E-state index is 0.0189. The molecule has 1 fully saturated rings. The first-order valence-corrected chi connectivity index (χ1v) is 7.38. The van der Waals surface area contributed by atoms with E-state index in [9.17, 15) is 14.7 Å². The van der Waals surface area contributed by atoms with Crippen LogP contribution in [0.4, 0.5) is 0 Å². The Labute approximate surface area is 125 Å². The second-order valence-electron chi connectivity index (χ2n) is 5.58. The van der Waals surface area contributed by atoms with Crippen LogP contribution in [0.15, 0.2) is 30.3 Å². The Bertz CT molecular complexity index is 490. The molecule has 1 aliphatic rings. The molecule has 0 bridgehead atoms. The number of piperidine rings is 1. The van der Waals surface area contributed by atoms with Crippen LogP contribution in [0.1, 0.15) is 36.5 Å². The first kappa shape index (κ1) is 15.5. The lowest BCUT2D eigenvalue weighted by molar-refractivity contribution is -0.134. The van der Waals surface area contributed by atoms with Crippen molar-refractivity contribution in [2.75, 3.05) is 13.1 Å². The predicted molar refractivity (Wildman–Crippen MR) is 79.8 cm³/mol. The van der Waals surface area contributed by atoms with Gasteiger partial charge in [-0.15, -0.1) is 0 Å². The number of amides is 2. The van der Waals surface area contributed by atoms with Crippen LogP contribution >= 0.6 is 0 Å². The van der Waals surface area contributed by atoms with Crippen molar-refractivity contribution in [3.8, 4) is 0 Å². The smallest absolute Gasteiger partial charge is 0.251 e. The summed E-state index contributed by atoms with van der Waals surface area (Å²) in [6.07, 6.45) is 1.42. The fourth-order valence-electron chi connectivity index (χ4n) is 2.52. The maximum atomic E-state index is 12.1. The zero-order chi connectivity index (χ0) is 15.2. The van der Waals surface area contributed by atoms with Gasteiger partial charge in [0.05, 0.1) is 6.10 Å². The number of hydrogen-bond donors (Lipinski definition) is 2. The number of carbonyl (C=O) groups is 2. The third kappa shape index (κ3) is 4.56.